The Hall–Kier alpha value is -1.65. The van der Waals surface area contributed by atoms with Crippen LogP contribution in [0, 0.1) is 0 Å². The van der Waals surface area contributed by atoms with Gasteiger partial charge in [0.1, 0.15) is 0 Å². The van der Waals surface area contributed by atoms with Crippen molar-refractivity contribution in [1.29, 1.82) is 0 Å². The lowest BCUT2D eigenvalue weighted by atomic mass is 10.1. The average Bonchev–Trinajstić information content (AvgIpc) is 3.21. The molecule has 0 radical (unpaired) electrons. The number of rotatable bonds is 4. The van der Waals surface area contributed by atoms with Crippen molar-refractivity contribution in [2.75, 3.05) is 19.7 Å². The van der Waals surface area contributed by atoms with E-state index in [1.807, 2.05) is 4.90 Å². The van der Waals surface area contributed by atoms with Crippen molar-refractivity contribution in [2.24, 2.45) is 0 Å². The number of β-amino-alcohol motifs (C(OH)–C–C–N with tert-alkyl or cyclic N) is 1. The van der Waals surface area contributed by atoms with Gasteiger partial charge in [0.15, 0.2) is 0 Å². The van der Waals surface area contributed by atoms with Crippen LogP contribution in [-0.4, -0.2) is 69.8 Å². The second-order valence-corrected chi connectivity index (χ2v) is 6.62. The fourth-order valence-electron chi connectivity index (χ4n) is 3.22. The van der Waals surface area contributed by atoms with Gasteiger partial charge in [-0.25, -0.2) is 4.79 Å². The van der Waals surface area contributed by atoms with Gasteiger partial charge in [0, 0.05) is 38.1 Å². The van der Waals surface area contributed by atoms with Crippen molar-refractivity contribution in [2.45, 2.75) is 37.6 Å². The summed E-state index contributed by atoms with van der Waals surface area (Å²) in [5.74, 6) is -2.55. The van der Waals surface area contributed by atoms with Crippen LogP contribution in [0.3, 0.4) is 0 Å². The van der Waals surface area contributed by atoms with Gasteiger partial charge in [0.25, 0.3) is 0 Å². The van der Waals surface area contributed by atoms with E-state index in [0.29, 0.717) is 25.0 Å². The quantitative estimate of drug-likeness (QED) is 0.828. The van der Waals surface area contributed by atoms with Crippen LogP contribution in [0.5, 0.6) is 0 Å². The molecule has 2 aliphatic heterocycles. The lowest BCUT2D eigenvalue weighted by Crippen LogP contribution is -2.38. The van der Waals surface area contributed by atoms with E-state index < -0.39 is 12.1 Å². The molecule has 2 unspecified atom stereocenters. The van der Waals surface area contributed by atoms with Crippen LogP contribution in [0.4, 0.5) is 13.2 Å². The molecule has 0 spiro atoms. The topological polar surface area (TPSA) is 81.1 Å². The maximum atomic E-state index is 11.9. The Morgan fingerprint density at radius 1 is 1.36 bits per heavy atom. The van der Waals surface area contributed by atoms with Crippen molar-refractivity contribution >= 4 is 23.2 Å². The highest BCUT2D eigenvalue weighted by Gasteiger charge is 2.46. The molecule has 3 rings (SSSR count). The Morgan fingerprint density at radius 3 is 2.56 bits per heavy atom. The fraction of sp³-hybridized carbons (Fsp3) is 0.600. The number of alkyl halides is 3. The number of hydrogen-bond acceptors (Lipinski definition) is 5. The van der Waals surface area contributed by atoms with Crippen molar-refractivity contribution in [3.63, 3.8) is 0 Å². The lowest BCUT2D eigenvalue weighted by Gasteiger charge is -2.24. The van der Waals surface area contributed by atoms with E-state index in [-0.39, 0.29) is 12.5 Å². The predicted octanol–water partition coefficient (Wildman–Crippen LogP) is 1.55. The van der Waals surface area contributed by atoms with Crippen molar-refractivity contribution in [1.82, 2.24) is 9.80 Å². The van der Waals surface area contributed by atoms with Crippen LogP contribution in [0.25, 0.3) is 0 Å². The summed E-state index contributed by atoms with van der Waals surface area (Å²) in [5, 5.41) is 20.4. The van der Waals surface area contributed by atoms with Crippen molar-refractivity contribution in [3.8, 4) is 0 Å². The number of carboxylic acids is 1. The Bertz CT molecular complexity index is 594. The van der Waals surface area contributed by atoms with Crippen LogP contribution >= 0.6 is 11.3 Å². The molecule has 2 fully saturated rings. The number of carbonyl (C=O) groups is 2. The van der Waals surface area contributed by atoms with Gasteiger partial charge in [0.2, 0.25) is 5.91 Å². The summed E-state index contributed by atoms with van der Waals surface area (Å²) in [6.07, 6.45) is -3.42. The first kappa shape index (κ1) is 19.7. The first-order valence-corrected chi connectivity index (χ1v) is 8.64. The molecule has 10 heteroatoms. The number of amides is 1. The number of carboxylic acid groups (broad SMARTS) is 1. The summed E-state index contributed by atoms with van der Waals surface area (Å²) in [5.41, 5.74) is 1.34. The van der Waals surface area contributed by atoms with Gasteiger partial charge in [-0.1, -0.05) is 0 Å². The van der Waals surface area contributed by atoms with E-state index in [0.717, 1.165) is 19.5 Å². The number of halogens is 3. The third kappa shape index (κ3) is 4.93. The van der Waals surface area contributed by atoms with E-state index in [4.69, 9.17) is 15.0 Å². The summed E-state index contributed by atoms with van der Waals surface area (Å²) >= 11 is 1.72. The minimum absolute atomic E-state index is 0.0689. The molecule has 2 atom stereocenters. The minimum Gasteiger partial charge on any atom is -0.475 e. The molecule has 2 aliphatic rings. The van der Waals surface area contributed by atoms with Gasteiger partial charge < -0.3 is 15.1 Å². The van der Waals surface area contributed by atoms with Crippen LogP contribution in [-0.2, 0) is 16.1 Å². The molecule has 1 aromatic rings. The third-order valence-corrected chi connectivity index (χ3v) is 5.01. The van der Waals surface area contributed by atoms with Crippen LogP contribution in [0.2, 0.25) is 0 Å². The molecule has 0 aromatic carbocycles. The normalized spacial score (nSPS) is 23.4. The molecule has 140 valence electrons. The summed E-state index contributed by atoms with van der Waals surface area (Å²) in [6.45, 7) is 2.57. The summed E-state index contributed by atoms with van der Waals surface area (Å²) in [7, 11) is 0. The zero-order valence-electron chi connectivity index (χ0n) is 13.3. The molecule has 2 saturated heterocycles. The van der Waals surface area contributed by atoms with E-state index >= 15 is 0 Å². The highest BCUT2D eigenvalue weighted by molar-refractivity contribution is 7.07. The molecule has 0 saturated carbocycles. The molecule has 1 amide bonds. The molecular formula is C15H19F3N2O4S. The highest BCUT2D eigenvalue weighted by Crippen LogP contribution is 2.33. The molecule has 0 aliphatic carbocycles. The number of hydrogen-bond donors (Lipinski definition) is 2. The van der Waals surface area contributed by atoms with Crippen LogP contribution < -0.4 is 0 Å². The number of fused-ring (bicyclic) bond motifs is 1. The number of aliphatic hydroxyl groups is 1. The van der Waals surface area contributed by atoms with Gasteiger partial charge in [-0.3, -0.25) is 9.69 Å². The zero-order chi connectivity index (χ0) is 18.6. The lowest BCUT2D eigenvalue weighted by molar-refractivity contribution is -0.192. The first-order valence-electron chi connectivity index (χ1n) is 7.69. The molecule has 3 heterocycles. The predicted molar refractivity (Wildman–Crippen MR) is 84.0 cm³/mol. The summed E-state index contributed by atoms with van der Waals surface area (Å²) in [6, 6.07) is 2.83. The fourth-order valence-corrected chi connectivity index (χ4v) is 3.88. The van der Waals surface area contributed by atoms with Gasteiger partial charge in [-0.2, -0.15) is 24.5 Å². The molecule has 0 bridgehead atoms. The van der Waals surface area contributed by atoms with Gasteiger partial charge in [0.05, 0.1) is 6.61 Å². The maximum absolute atomic E-state index is 11.9. The van der Waals surface area contributed by atoms with Gasteiger partial charge in [-0.15, -0.1) is 0 Å². The second kappa shape index (κ2) is 8.15. The molecule has 1 aromatic heterocycles. The average molecular weight is 380 g/mol. The first-order chi connectivity index (χ1) is 11.7. The van der Waals surface area contributed by atoms with E-state index in [1.165, 1.54) is 5.56 Å². The van der Waals surface area contributed by atoms with Crippen molar-refractivity contribution in [3.05, 3.63) is 22.4 Å². The summed E-state index contributed by atoms with van der Waals surface area (Å²) < 4.78 is 31.7. The van der Waals surface area contributed by atoms with Crippen LogP contribution in [0.1, 0.15) is 18.4 Å². The Morgan fingerprint density at radius 2 is 2.04 bits per heavy atom. The monoisotopic (exact) mass is 380 g/mol. The van der Waals surface area contributed by atoms with Gasteiger partial charge >= 0.3 is 12.1 Å². The third-order valence-electron chi connectivity index (χ3n) is 4.28. The van der Waals surface area contributed by atoms with Gasteiger partial charge in [-0.05, 0) is 28.8 Å². The minimum atomic E-state index is -5.08. The molecule has 6 nitrogen and oxygen atoms in total. The van der Waals surface area contributed by atoms with E-state index in [1.54, 1.807) is 11.3 Å². The smallest absolute Gasteiger partial charge is 0.475 e. The number of likely N-dealkylation sites (tertiary alicyclic amines) is 2. The Kier molecular flexibility index (Phi) is 6.42. The van der Waals surface area contributed by atoms with Crippen LogP contribution in [0.15, 0.2) is 16.8 Å². The number of nitrogens with zero attached hydrogens (tertiary/aromatic N) is 2. The highest BCUT2D eigenvalue weighted by atomic mass is 32.1. The number of thiophene rings is 1. The standard InChI is InChI=1S/C13H18N2O2S.C2HF3O2/c16-5-4-15-11-1-3-14(12(11)7-13(15)17)8-10-2-6-18-9-10;3-2(4,5)1(6)7/h2,6,9,11-12,16H,1,3-5,7-8H2;(H,6,7). The maximum Gasteiger partial charge on any atom is 0.490 e. The Balaban J connectivity index is 0.000000277. The van der Waals surface area contributed by atoms with Crippen molar-refractivity contribution < 1.29 is 33.0 Å². The Labute approximate surface area is 146 Å². The SMILES string of the molecule is O=C(O)C(F)(F)F.O=C1CC2C(CCN2Cc2ccsc2)N1CCO. The number of aliphatic carboxylic acids is 1. The largest absolute Gasteiger partial charge is 0.490 e. The molecule has 2 N–H and O–H groups in total. The zero-order valence-corrected chi connectivity index (χ0v) is 14.1. The molecular weight excluding hydrogens is 361 g/mol. The number of carbonyl (C=O) groups excluding carboxylic acids is 1. The number of aliphatic hydroxyl groups excluding tert-OH is 1. The van der Waals surface area contributed by atoms with E-state index in [2.05, 4.69) is 21.7 Å². The van der Waals surface area contributed by atoms with E-state index in [9.17, 15) is 18.0 Å². The summed E-state index contributed by atoms with van der Waals surface area (Å²) in [4.78, 5) is 25.1. The second-order valence-electron chi connectivity index (χ2n) is 5.84. The molecule has 25 heavy (non-hydrogen) atoms.